The molecule has 3 aromatic heterocycles. The van der Waals surface area contributed by atoms with E-state index >= 15 is 0 Å². The van der Waals surface area contributed by atoms with Crippen LogP contribution in [0.1, 0.15) is 34.1 Å². The standard InChI is InChI=1S/C29H22ClN5O4S2/c1-15-4-3-13-34-16(2)22(31-26(15)34)24(37)21-23(18-7-11-20(36)12-8-18)35(27(39)25(21)38)28-32-33-29(41-28)40-14-17-5-9-19(30)10-6-17/h3-13,23,36-37H,14H2,1-2H3. The summed E-state index contributed by atoms with van der Waals surface area (Å²) in [6.07, 6.45) is 1.82. The van der Waals surface area contributed by atoms with Crippen molar-refractivity contribution in [1.29, 1.82) is 0 Å². The first-order chi connectivity index (χ1) is 19.7. The molecule has 2 aromatic carbocycles. The SMILES string of the molecule is Cc1cccn2c(C)c(C(O)=C3C(=O)C(=O)N(c4nnc(SCc5ccc(Cl)cc5)s4)C3c3ccc(O)cc3)nc12. The number of ketones is 1. The summed E-state index contributed by atoms with van der Waals surface area (Å²) in [7, 11) is 0. The Morgan fingerprint density at radius 3 is 2.49 bits per heavy atom. The lowest BCUT2D eigenvalue weighted by molar-refractivity contribution is -0.132. The van der Waals surface area contributed by atoms with Gasteiger partial charge in [-0.3, -0.25) is 14.5 Å². The zero-order chi connectivity index (χ0) is 28.8. The number of aromatic nitrogens is 4. The predicted molar refractivity (Wildman–Crippen MR) is 158 cm³/mol. The number of rotatable bonds is 6. The fraction of sp³-hybridized carbons (Fsp3) is 0.138. The summed E-state index contributed by atoms with van der Waals surface area (Å²) in [6.45, 7) is 3.69. The van der Waals surface area contributed by atoms with Gasteiger partial charge in [-0.2, -0.15) is 0 Å². The molecule has 0 bridgehead atoms. The van der Waals surface area contributed by atoms with Gasteiger partial charge in [0.15, 0.2) is 10.1 Å². The average molecular weight is 604 g/mol. The number of anilines is 1. The maximum absolute atomic E-state index is 13.5. The number of Topliss-reactive ketones (excluding diaryl/α,β-unsaturated/α-hetero) is 1. The van der Waals surface area contributed by atoms with Gasteiger partial charge < -0.3 is 14.6 Å². The zero-order valence-electron chi connectivity index (χ0n) is 21.8. The van der Waals surface area contributed by atoms with Gasteiger partial charge in [0.25, 0.3) is 5.78 Å². The van der Waals surface area contributed by atoms with Gasteiger partial charge >= 0.3 is 5.91 Å². The van der Waals surface area contributed by atoms with Crippen molar-refractivity contribution in [3.63, 3.8) is 0 Å². The molecule has 1 unspecified atom stereocenters. The fourth-order valence-corrected chi connectivity index (χ4v) is 6.71. The molecule has 0 aliphatic carbocycles. The number of aryl methyl sites for hydroxylation is 2. The number of thioether (sulfide) groups is 1. The lowest BCUT2D eigenvalue weighted by Crippen LogP contribution is -2.29. The van der Waals surface area contributed by atoms with E-state index in [4.69, 9.17) is 11.6 Å². The number of halogens is 1. The molecule has 1 aliphatic rings. The Bertz CT molecular complexity index is 1850. The quantitative estimate of drug-likeness (QED) is 0.0787. The molecule has 0 saturated carbocycles. The normalized spacial score (nSPS) is 16.7. The summed E-state index contributed by atoms with van der Waals surface area (Å²) in [5, 5.41) is 30.8. The number of imidazole rings is 1. The molecule has 41 heavy (non-hydrogen) atoms. The molecule has 1 fully saturated rings. The summed E-state index contributed by atoms with van der Waals surface area (Å²) >= 11 is 8.59. The van der Waals surface area contributed by atoms with Gasteiger partial charge in [-0.1, -0.05) is 65.0 Å². The molecule has 9 nitrogen and oxygen atoms in total. The van der Waals surface area contributed by atoms with Crippen LogP contribution in [0.4, 0.5) is 5.13 Å². The van der Waals surface area contributed by atoms with E-state index in [1.807, 2.05) is 53.9 Å². The van der Waals surface area contributed by atoms with Crippen LogP contribution in [0.15, 0.2) is 76.8 Å². The highest BCUT2D eigenvalue weighted by atomic mass is 35.5. The number of carbonyl (C=O) groups is 2. The number of hydrogen-bond donors (Lipinski definition) is 2. The van der Waals surface area contributed by atoms with Crippen LogP contribution in [0.3, 0.4) is 0 Å². The second-order valence-corrected chi connectivity index (χ2v) is 12.1. The maximum atomic E-state index is 13.5. The highest BCUT2D eigenvalue weighted by Crippen LogP contribution is 2.44. The van der Waals surface area contributed by atoms with Gasteiger partial charge in [0.2, 0.25) is 5.13 Å². The second kappa shape index (κ2) is 10.7. The van der Waals surface area contributed by atoms with Crippen molar-refractivity contribution in [2.45, 2.75) is 30.0 Å². The van der Waals surface area contributed by atoms with E-state index < -0.39 is 17.7 Å². The lowest BCUT2D eigenvalue weighted by Gasteiger charge is -2.22. The van der Waals surface area contributed by atoms with Crippen LogP contribution in [-0.2, 0) is 15.3 Å². The first kappa shape index (κ1) is 27.0. The Morgan fingerprint density at radius 2 is 1.78 bits per heavy atom. The van der Waals surface area contributed by atoms with Gasteiger partial charge in [-0.15, -0.1) is 10.2 Å². The van der Waals surface area contributed by atoms with Crippen LogP contribution in [-0.4, -0.2) is 41.5 Å². The molecular weight excluding hydrogens is 582 g/mol. The fourth-order valence-electron chi connectivity index (χ4n) is 4.76. The molecule has 206 valence electrons. The smallest absolute Gasteiger partial charge is 0.301 e. The first-order valence-corrected chi connectivity index (χ1v) is 14.7. The largest absolute Gasteiger partial charge is 0.508 e. The number of hydrogen-bond acceptors (Lipinski definition) is 9. The molecule has 5 aromatic rings. The van der Waals surface area contributed by atoms with Crippen molar-refractivity contribution in [1.82, 2.24) is 19.6 Å². The van der Waals surface area contributed by atoms with Crippen LogP contribution in [0.5, 0.6) is 5.75 Å². The van der Waals surface area contributed by atoms with E-state index in [-0.39, 0.29) is 27.9 Å². The van der Waals surface area contributed by atoms with Crippen molar-refractivity contribution in [2.75, 3.05) is 4.90 Å². The number of phenols is 1. The number of aliphatic hydroxyl groups is 1. The minimum atomic E-state index is -1.01. The van der Waals surface area contributed by atoms with E-state index in [2.05, 4.69) is 15.2 Å². The van der Waals surface area contributed by atoms with Crippen LogP contribution in [0, 0.1) is 13.8 Å². The first-order valence-electron chi connectivity index (χ1n) is 12.5. The third-order valence-corrected chi connectivity index (χ3v) is 9.22. The monoisotopic (exact) mass is 603 g/mol. The van der Waals surface area contributed by atoms with Crippen molar-refractivity contribution in [2.24, 2.45) is 0 Å². The van der Waals surface area contributed by atoms with Crippen LogP contribution < -0.4 is 4.90 Å². The second-order valence-electron chi connectivity index (χ2n) is 9.46. The number of fused-ring (bicyclic) bond motifs is 1. The summed E-state index contributed by atoms with van der Waals surface area (Å²) in [6, 6.07) is 16.3. The molecule has 1 saturated heterocycles. The summed E-state index contributed by atoms with van der Waals surface area (Å²) in [5.74, 6) is -1.45. The van der Waals surface area contributed by atoms with Crippen LogP contribution in [0.25, 0.3) is 11.4 Å². The number of amides is 1. The van der Waals surface area contributed by atoms with E-state index in [9.17, 15) is 19.8 Å². The molecule has 12 heteroatoms. The Balaban J connectivity index is 1.43. The molecule has 0 spiro atoms. The van der Waals surface area contributed by atoms with Gasteiger partial charge in [0, 0.05) is 17.0 Å². The third-order valence-electron chi connectivity index (χ3n) is 6.84. The summed E-state index contributed by atoms with van der Waals surface area (Å²) in [4.78, 5) is 32.9. The molecule has 4 heterocycles. The molecule has 2 N–H and O–H groups in total. The van der Waals surface area contributed by atoms with Gasteiger partial charge in [0.05, 0.1) is 17.3 Å². The Kier molecular flexibility index (Phi) is 7.02. The van der Waals surface area contributed by atoms with E-state index in [0.29, 0.717) is 32.0 Å². The van der Waals surface area contributed by atoms with Crippen molar-refractivity contribution >= 4 is 62.9 Å². The van der Waals surface area contributed by atoms with Gasteiger partial charge in [0.1, 0.15) is 17.1 Å². The van der Waals surface area contributed by atoms with Crippen molar-refractivity contribution < 1.29 is 19.8 Å². The lowest BCUT2D eigenvalue weighted by atomic mass is 9.96. The third kappa shape index (κ3) is 4.86. The van der Waals surface area contributed by atoms with E-state index in [1.54, 1.807) is 19.1 Å². The molecule has 1 aliphatic heterocycles. The summed E-state index contributed by atoms with van der Waals surface area (Å²) in [5.41, 5.74) is 3.78. The maximum Gasteiger partial charge on any atom is 0.301 e. The number of benzene rings is 2. The number of nitrogens with zero attached hydrogens (tertiary/aromatic N) is 5. The number of aromatic hydroxyl groups is 1. The summed E-state index contributed by atoms with van der Waals surface area (Å²) < 4.78 is 2.43. The van der Waals surface area contributed by atoms with Gasteiger partial charge in [-0.25, -0.2) is 4.98 Å². The molecule has 1 atom stereocenters. The van der Waals surface area contributed by atoms with Crippen LogP contribution in [0.2, 0.25) is 5.02 Å². The highest BCUT2D eigenvalue weighted by Gasteiger charge is 2.48. The van der Waals surface area contributed by atoms with Crippen molar-refractivity contribution in [3.05, 3.63) is 106 Å². The average Bonchev–Trinajstić information content (AvgIpc) is 3.64. The van der Waals surface area contributed by atoms with Crippen LogP contribution >= 0.6 is 34.7 Å². The van der Waals surface area contributed by atoms with Gasteiger partial charge in [-0.05, 0) is 60.9 Å². The number of pyridine rings is 1. The zero-order valence-corrected chi connectivity index (χ0v) is 24.2. The Hall–Kier alpha value is -4.19. The van der Waals surface area contributed by atoms with Crippen molar-refractivity contribution in [3.8, 4) is 5.75 Å². The molecular formula is C29H22ClN5O4S2. The number of phenolic OH excluding ortho intramolecular Hbond substituents is 1. The molecule has 1 amide bonds. The number of carbonyl (C=O) groups excluding carboxylic acids is 2. The minimum absolute atomic E-state index is 0.0224. The van der Waals surface area contributed by atoms with E-state index in [1.165, 1.54) is 40.1 Å². The highest BCUT2D eigenvalue weighted by molar-refractivity contribution is 8.00. The minimum Gasteiger partial charge on any atom is -0.508 e. The Labute approximate surface area is 247 Å². The molecule has 0 radical (unpaired) electrons. The molecule has 6 rings (SSSR count). The van der Waals surface area contributed by atoms with E-state index in [0.717, 1.165) is 11.1 Å². The Morgan fingerprint density at radius 1 is 1.05 bits per heavy atom. The number of aliphatic hydroxyl groups excluding tert-OH is 1. The predicted octanol–water partition coefficient (Wildman–Crippen LogP) is 6.08. The topological polar surface area (TPSA) is 121 Å².